The van der Waals surface area contributed by atoms with Crippen molar-refractivity contribution in [2.45, 2.75) is 43.9 Å². The normalized spacial score (nSPS) is 23.9. The topological polar surface area (TPSA) is 29.1 Å². The molecule has 0 aromatic carbocycles. The van der Waals surface area contributed by atoms with Crippen molar-refractivity contribution in [2.24, 2.45) is 5.92 Å². The largest absolute Gasteiger partial charge is 0.351 e. The summed E-state index contributed by atoms with van der Waals surface area (Å²) < 4.78 is 0. The number of carbonyl (C=O) groups excluding carboxylic acids is 1. The van der Waals surface area contributed by atoms with Gasteiger partial charge in [-0.2, -0.15) is 0 Å². The van der Waals surface area contributed by atoms with E-state index >= 15 is 0 Å². The van der Waals surface area contributed by atoms with Crippen LogP contribution >= 0.6 is 27.3 Å². The molecule has 1 aliphatic carbocycles. The molecule has 0 spiro atoms. The summed E-state index contributed by atoms with van der Waals surface area (Å²) >= 11 is 5.23. The molecule has 2 unspecified atom stereocenters. The number of amides is 1. The van der Waals surface area contributed by atoms with Crippen molar-refractivity contribution in [3.05, 3.63) is 21.9 Å². The van der Waals surface area contributed by atoms with Gasteiger partial charge < -0.3 is 5.32 Å². The molecule has 0 saturated heterocycles. The summed E-state index contributed by atoms with van der Waals surface area (Å²) in [7, 11) is 0. The Hall–Kier alpha value is -0.350. The van der Waals surface area contributed by atoms with E-state index in [0.29, 0.717) is 10.7 Å². The molecule has 1 aromatic rings. The lowest BCUT2D eigenvalue weighted by Gasteiger charge is -2.25. The molecule has 2 rings (SSSR count). The molecule has 1 fully saturated rings. The van der Waals surface area contributed by atoms with E-state index < -0.39 is 0 Å². The Bertz CT molecular complexity index is 404. The summed E-state index contributed by atoms with van der Waals surface area (Å²) in [5, 5.41) is 5.10. The smallest absolute Gasteiger partial charge is 0.261 e. The van der Waals surface area contributed by atoms with E-state index in [0.717, 1.165) is 17.8 Å². The zero-order chi connectivity index (χ0) is 13.0. The lowest BCUT2D eigenvalue weighted by molar-refractivity contribution is 0.0947. The van der Waals surface area contributed by atoms with Crippen molar-refractivity contribution in [1.82, 2.24) is 5.32 Å². The summed E-state index contributed by atoms with van der Waals surface area (Å²) in [5.41, 5.74) is 1.17. The minimum atomic E-state index is 0.110. The highest BCUT2D eigenvalue weighted by Crippen LogP contribution is 2.28. The van der Waals surface area contributed by atoms with Crippen LogP contribution in [-0.2, 0) is 6.42 Å². The SMILES string of the molecule is CCc1ccsc1C(=O)NCC1CCCC(Br)C1. The molecule has 2 nitrogen and oxygen atoms in total. The fourth-order valence-corrected chi connectivity index (χ4v) is 4.31. The van der Waals surface area contributed by atoms with E-state index in [1.165, 1.54) is 31.2 Å². The summed E-state index contributed by atoms with van der Waals surface area (Å²) in [4.78, 5) is 13.6. The molecule has 100 valence electrons. The molecule has 4 heteroatoms. The Labute approximate surface area is 121 Å². The molecule has 0 radical (unpaired) electrons. The Balaban J connectivity index is 1.84. The summed E-state index contributed by atoms with van der Waals surface area (Å²) in [6, 6.07) is 2.05. The van der Waals surface area contributed by atoms with Crippen LogP contribution in [0.2, 0.25) is 0 Å². The Morgan fingerprint density at radius 3 is 3.11 bits per heavy atom. The average Bonchev–Trinajstić information content (AvgIpc) is 2.84. The number of aryl methyl sites for hydroxylation is 1. The summed E-state index contributed by atoms with van der Waals surface area (Å²) in [6.07, 6.45) is 5.91. The highest BCUT2D eigenvalue weighted by molar-refractivity contribution is 9.09. The predicted octanol–water partition coefficient (Wildman–Crippen LogP) is 3.99. The maximum Gasteiger partial charge on any atom is 0.261 e. The van der Waals surface area contributed by atoms with Crippen LogP contribution in [0.4, 0.5) is 0 Å². The predicted molar refractivity (Wildman–Crippen MR) is 80.7 cm³/mol. The number of rotatable bonds is 4. The molecule has 1 amide bonds. The fourth-order valence-electron chi connectivity index (χ4n) is 2.54. The molecule has 2 atom stereocenters. The van der Waals surface area contributed by atoms with Gasteiger partial charge in [-0.1, -0.05) is 29.3 Å². The molecule has 1 aliphatic rings. The lowest BCUT2D eigenvalue weighted by atomic mass is 9.89. The number of hydrogen-bond acceptors (Lipinski definition) is 2. The molecule has 1 heterocycles. The van der Waals surface area contributed by atoms with Gasteiger partial charge in [0.15, 0.2) is 0 Å². The molecule has 18 heavy (non-hydrogen) atoms. The number of halogens is 1. The second kappa shape index (κ2) is 6.71. The number of thiophene rings is 1. The van der Waals surface area contributed by atoms with Gasteiger partial charge in [0.2, 0.25) is 0 Å². The minimum absolute atomic E-state index is 0.110. The van der Waals surface area contributed by atoms with E-state index in [1.54, 1.807) is 11.3 Å². The molecule has 0 bridgehead atoms. The number of carbonyl (C=O) groups is 1. The van der Waals surface area contributed by atoms with Crippen molar-refractivity contribution in [1.29, 1.82) is 0 Å². The van der Waals surface area contributed by atoms with Crippen molar-refractivity contribution in [3.8, 4) is 0 Å². The number of nitrogens with one attached hydrogen (secondary N) is 1. The van der Waals surface area contributed by atoms with Crippen molar-refractivity contribution < 1.29 is 4.79 Å². The first kappa shape index (κ1) is 14.1. The van der Waals surface area contributed by atoms with Crippen LogP contribution in [0.5, 0.6) is 0 Å². The summed E-state index contributed by atoms with van der Waals surface area (Å²) in [5.74, 6) is 0.746. The first-order chi connectivity index (χ1) is 8.70. The van der Waals surface area contributed by atoms with E-state index in [2.05, 4.69) is 34.2 Å². The third-order valence-corrected chi connectivity index (χ3v) is 5.39. The Kier molecular flexibility index (Phi) is 5.25. The van der Waals surface area contributed by atoms with Gasteiger partial charge in [0.25, 0.3) is 5.91 Å². The molecule has 1 N–H and O–H groups in total. The number of hydrogen-bond donors (Lipinski definition) is 1. The zero-order valence-electron chi connectivity index (χ0n) is 10.7. The average molecular weight is 330 g/mol. The van der Waals surface area contributed by atoms with Gasteiger partial charge in [-0.25, -0.2) is 0 Å². The minimum Gasteiger partial charge on any atom is -0.351 e. The van der Waals surface area contributed by atoms with E-state index in [1.807, 2.05) is 5.38 Å². The first-order valence-corrected chi connectivity index (χ1v) is 8.48. The Morgan fingerprint density at radius 1 is 1.56 bits per heavy atom. The highest BCUT2D eigenvalue weighted by atomic mass is 79.9. The third kappa shape index (κ3) is 3.58. The fraction of sp³-hybridized carbons (Fsp3) is 0.643. The van der Waals surface area contributed by atoms with Crippen molar-refractivity contribution in [3.63, 3.8) is 0 Å². The molecular formula is C14H20BrNOS. The molecule has 0 aliphatic heterocycles. The summed E-state index contributed by atoms with van der Waals surface area (Å²) in [6.45, 7) is 2.91. The van der Waals surface area contributed by atoms with Crippen LogP contribution < -0.4 is 5.32 Å². The quantitative estimate of drug-likeness (QED) is 0.831. The van der Waals surface area contributed by atoms with Crippen molar-refractivity contribution >= 4 is 33.2 Å². The van der Waals surface area contributed by atoms with Crippen LogP contribution in [0.3, 0.4) is 0 Å². The van der Waals surface area contributed by atoms with E-state index in [-0.39, 0.29) is 5.91 Å². The maximum atomic E-state index is 12.1. The van der Waals surface area contributed by atoms with Gasteiger partial charge in [0.1, 0.15) is 0 Å². The molecule has 1 saturated carbocycles. The van der Waals surface area contributed by atoms with Gasteiger partial charge >= 0.3 is 0 Å². The van der Waals surface area contributed by atoms with Gasteiger partial charge in [-0.15, -0.1) is 11.3 Å². The van der Waals surface area contributed by atoms with Crippen LogP contribution in [0.15, 0.2) is 11.4 Å². The highest BCUT2D eigenvalue weighted by Gasteiger charge is 2.21. The van der Waals surface area contributed by atoms with Gasteiger partial charge in [-0.05, 0) is 48.6 Å². The van der Waals surface area contributed by atoms with Crippen LogP contribution in [0, 0.1) is 5.92 Å². The van der Waals surface area contributed by atoms with Crippen LogP contribution in [0.25, 0.3) is 0 Å². The molecular weight excluding hydrogens is 310 g/mol. The zero-order valence-corrected chi connectivity index (χ0v) is 13.1. The first-order valence-electron chi connectivity index (χ1n) is 6.69. The monoisotopic (exact) mass is 329 g/mol. The second-order valence-corrected chi connectivity index (χ2v) is 7.18. The van der Waals surface area contributed by atoms with Gasteiger partial charge in [0.05, 0.1) is 4.88 Å². The lowest BCUT2D eigenvalue weighted by Crippen LogP contribution is -2.31. The van der Waals surface area contributed by atoms with Crippen LogP contribution in [0.1, 0.15) is 47.8 Å². The van der Waals surface area contributed by atoms with E-state index in [4.69, 9.17) is 0 Å². The number of alkyl halides is 1. The van der Waals surface area contributed by atoms with E-state index in [9.17, 15) is 4.79 Å². The third-order valence-electron chi connectivity index (χ3n) is 3.60. The molecule has 1 aromatic heterocycles. The second-order valence-electron chi connectivity index (χ2n) is 4.97. The van der Waals surface area contributed by atoms with Gasteiger partial charge in [0, 0.05) is 11.4 Å². The maximum absolute atomic E-state index is 12.1. The van der Waals surface area contributed by atoms with Crippen LogP contribution in [-0.4, -0.2) is 17.3 Å². The Morgan fingerprint density at radius 2 is 2.39 bits per heavy atom. The van der Waals surface area contributed by atoms with Crippen molar-refractivity contribution in [2.75, 3.05) is 6.54 Å². The standard InChI is InChI=1S/C14H20BrNOS/c1-2-11-6-7-18-13(11)14(17)16-9-10-4-3-5-12(15)8-10/h6-7,10,12H,2-5,8-9H2,1H3,(H,16,17). The van der Waals surface area contributed by atoms with Gasteiger partial charge in [-0.3, -0.25) is 4.79 Å².